The summed E-state index contributed by atoms with van der Waals surface area (Å²) in [5, 5.41) is 9.23. The Morgan fingerprint density at radius 1 is 0.962 bits per heavy atom. The van der Waals surface area contributed by atoms with Crippen LogP contribution in [0.3, 0.4) is 0 Å². The van der Waals surface area contributed by atoms with Gasteiger partial charge in [0.05, 0.1) is 5.56 Å². The number of pyridine rings is 1. The van der Waals surface area contributed by atoms with Gasteiger partial charge in [-0.05, 0) is 24.3 Å². The van der Waals surface area contributed by atoms with Gasteiger partial charge in [-0.3, -0.25) is 4.79 Å². The number of hydrogen-bond acceptors (Lipinski definition) is 4. The number of carbonyl (C=O) groups is 2. The van der Waals surface area contributed by atoms with E-state index >= 15 is 0 Å². The number of aromatic carboxylic acids is 1. The van der Waals surface area contributed by atoms with E-state index in [2.05, 4.69) is 4.98 Å². The number of amides is 1. The van der Waals surface area contributed by atoms with E-state index in [1.807, 2.05) is 0 Å². The minimum absolute atomic E-state index is 0.0407. The number of nitrogens with zero attached hydrogens (tertiary/aromatic N) is 3. The number of halogens is 3. The highest BCUT2D eigenvalue weighted by Crippen LogP contribution is 2.21. The summed E-state index contributed by atoms with van der Waals surface area (Å²) >= 11 is 0. The van der Waals surface area contributed by atoms with Crippen LogP contribution in [0.5, 0.6) is 0 Å². The number of rotatable bonds is 3. The van der Waals surface area contributed by atoms with Crippen LogP contribution < -0.4 is 4.90 Å². The average Bonchev–Trinajstić information content (AvgIpc) is 2.66. The Bertz CT molecular complexity index is 868. The lowest BCUT2D eigenvalue weighted by Crippen LogP contribution is -2.49. The number of carboxylic acid groups (broad SMARTS) is 1. The molecule has 1 aromatic heterocycles. The normalized spacial score (nSPS) is 14.4. The van der Waals surface area contributed by atoms with Crippen LogP contribution in [-0.4, -0.2) is 53.0 Å². The summed E-state index contributed by atoms with van der Waals surface area (Å²) in [6.45, 7) is 0.864. The fourth-order valence-electron chi connectivity index (χ4n) is 2.80. The van der Waals surface area contributed by atoms with Crippen LogP contribution in [-0.2, 0) is 0 Å². The number of carbonyl (C=O) groups excluding carboxylic acids is 1. The fourth-order valence-corrected chi connectivity index (χ4v) is 2.80. The molecular weight excluding hydrogens is 351 g/mol. The molecule has 2 heterocycles. The van der Waals surface area contributed by atoms with Gasteiger partial charge < -0.3 is 14.9 Å². The summed E-state index contributed by atoms with van der Waals surface area (Å²) in [5.74, 6) is -6.15. The Balaban J connectivity index is 1.74. The molecule has 1 saturated heterocycles. The summed E-state index contributed by atoms with van der Waals surface area (Å²) < 4.78 is 40.1. The standard InChI is InChI=1S/C17H14F3N3O3/c18-12-4-3-10(13(19)14(12)20)16(24)23-8-6-22(7-9-23)15-11(17(25)26)2-1-5-21-15/h1-5H,6-9H2,(H,25,26). The maximum Gasteiger partial charge on any atom is 0.339 e. The van der Waals surface area contributed by atoms with E-state index in [1.54, 1.807) is 4.90 Å². The minimum Gasteiger partial charge on any atom is -0.478 e. The average molecular weight is 365 g/mol. The monoisotopic (exact) mass is 365 g/mol. The van der Waals surface area contributed by atoms with Gasteiger partial charge in [0.2, 0.25) is 0 Å². The first-order valence-electron chi connectivity index (χ1n) is 7.76. The molecule has 0 aliphatic carbocycles. The molecule has 1 aliphatic rings. The van der Waals surface area contributed by atoms with Crippen molar-refractivity contribution in [1.29, 1.82) is 0 Å². The Morgan fingerprint density at radius 3 is 2.31 bits per heavy atom. The Kier molecular flexibility index (Phi) is 4.79. The smallest absolute Gasteiger partial charge is 0.339 e. The SMILES string of the molecule is O=C(O)c1cccnc1N1CCN(C(=O)c2ccc(F)c(F)c2F)CC1. The Hall–Kier alpha value is -3.10. The summed E-state index contributed by atoms with van der Waals surface area (Å²) in [6.07, 6.45) is 1.47. The molecule has 0 bridgehead atoms. The van der Waals surface area contributed by atoms with Crippen LogP contribution in [0.25, 0.3) is 0 Å². The van der Waals surface area contributed by atoms with Gasteiger partial charge in [0.1, 0.15) is 11.4 Å². The molecule has 26 heavy (non-hydrogen) atoms. The molecule has 0 atom stereocenters. The van der Waals surface area contributed by atoms with Crippen molar-refractivity contribution >= 4 is 17.7 Å². The molecule has 1 amide bonds. The number of carboxylic acids is 1. The van der Waals surface area contributed by atoms with Crippen molar-refractivity contribution in [3.8, 4) is 0 Å². The zero-order valence-electron chi connectivity index (χ0n) is 13.5. The van der Waals surface area contributed by atoms with Gasteiger partial charge in [0, 0.05) is 32.4 Å². The molecular formula is C17H14F3N3O3. The van der Waals surface area contributed by atoms with Crippen molar-refractivity contribution < 1.29 is 27.9 Å². The highest BCUT2D eigenvalue weighted by Gasteiger charge is 2.28. The third-order valence-corrected chi connectivity index (χ3v) is 4.15. The molecule has 0 radical (unpaired) electrons. The first kappa shape index (κ1) is 17.7. The number of piperazine rings is 1. The quantitative estimate of drug-likeness (QED) is 0.844. The molecule has 1 N–H and O–H groups in total. The van der Waals surface area contributed by atoms with Crippen molar-refractivity contribution in [2.24, 2.45) is 0 Å². The second-order valence-electron chi connectivity index (χ2n) is 5.68. The summed E-state index contributed by atoms with van der Waals surface area (Å²) in [5.41, 5.74) is -0.500. The van der Waals surface area contributed by atoms with Gasteiger partial charge in [0.25, 0.3) is 5.91 Å². The van der Waals surface area contributed by atoms with Crippen LogP contribution in [0.1, 0.15) is 20.7 Å². The lowest BCUT2D eigenvalue weighted by atomic mass is 10.1. The summed E-state index contributed by atoms with van der Waals surface area (Å²) in [4.78, 5) is 30.7. The number of aromatic nitrogens is 1. The second kappa shape index (κ2) is 7.03. The van der Waals surface area contributed by atoms with Crippen molar-refractivity contribution in [3.05, 3.63) is 59.0 Å². The minimum atomic E-state index is -1.69. The maximum atomic E-state index is 13.8. The molecule has 2 aromatic rings. The zero-order chi connectivity index (χ0) is 18.8. The van der Waals surface area contributed by atoms with Crippen LogP contribution in [0.2, 0.25) is 0 Å². The molecule has 0 unspecified atom stereocenters. The zero-order valence-corrected chi connectivity index (χ0v) is 13.5. The van der Waals surface area contributed by atoms with E-state index in [0.717, 1.165) is 6.07 Å². The number of anilines is 1. The van der Waals surface area contributed by atoms with E-state index in [1.165, 1.54) is 23.2 Å². The molecule has 1 aliphatic heterocycles. The fraction of sp³-hybridized carbons (Fsp3) is 0.235. The van der Waals surface area contributed by atoms with Crippen LogP contribution in [0, 0.1) is 17.5 Å². The maximum absolute atomic E-state index is 13.8. The van der Waals surface area contributed by atoms with Gasteiger partial charge >= 0.3 is 5.97 Å². The first-order chi connectivity index (χ1) is 12.4. The van der Waals surface area contributed by atoms with Crippen molar-refractivity contribution in [2.75, 3.05) is 31.1 Å². The van der Waals surface area contributed by atoms with Crippen LogP contribution in [0.15, 0.2) is 30.5 Å². The van der Waals surface area contributed by atoms with Gasteiger partial charge in [-0.2, -0.15) is 0 Å². The molecule has 1 aromatic carbocycles. The molecule has 136 valence electrons. The third kappa shape index (κ3) is 3.19. The molecule has 0 spiro atoms. The predicted octanol–water partition coefficient (Wildman–Crippen LogP) is 2.16. The molecule has 0 saturated carbocycles. The molecule has 3 rings (SSSR count). The van der Waals surface area contributed by atoms with Crippen LogP contribution in [0.4, 0.5) is 19.0 Å². The van der Waals surface area contributed by atoms with E-state index in [4.69, 9.17) is 0 Å². The van der Waals surface area contributed by atoms with E-state index < -0.39 is 34.9 Å². The van der Waals surface area contributed by atoms with Gasteiger partial charge in [-0.1, -0.05) is 0 Å². The molecule has 9 heteroatoms. The Labute approximate surface area is 146 Å². The van der Waals surface area contributed by atoms with E-state index in [-0.39, 0.29) is 37.6 Å². The Morgan fingerprint density at radius 2 is 1.65 bits per heavy atom. The van der Waals surface area contributed by atoms with Gasteiger partial charge in [0.15, 0.2) is 17.5 Å². The second-order valence-corrected chi connectivity index (χ2v) is 5.68. The van der Waals surface area contributed by atoms with Crippen molar-refractivity contribution in [1.82, 2.24) is 9.88 Å². The topological polar surface area (TPSA) is 73.7 Å². The molecule has 1 fully saturated rings. The van der Waals surface area contributed by atoms with Crippen molar-refractivity contribution in [3.63, 3.8) is 0 Å². The number of hydrogen-bond donors (Lipinski definition) is 1. The van der Waals surface area contributed by atoms with Gasteiger partial charge in [-0.15, -0.1) is 0 Å². The third-order valence-electron chi connectivity index (χ3n) is 4.15. The lowest BCUT2D eigenvalue weighted by Gasteiger charge is -2.36. The van der Waals surface area contributed by atoms with Crippen molar-refractivity contribution in [2.45, 2.75) is 0 Å². The summed E-state index contributed by atoms with van der Waals surface area (Å²) in [6, 6.07) is 4.55. The highest BCUT2D eigenvalue weighted by atomic mass is 19.2. The van der Waals surface area contributed by atoms with E-state index in [0.29, 0.717) is 6.07 Å². The first-order valence-corrected chi connectivity index (χ1v) is 7.76. The van der Waals surface area contributed by atoms with Gasteiger partial charge in [-0.25, -0.2) is 22.9 Å². The summed E-state index contributed by atoms with van der Waals surface area (Å²) in [7, 11) is 0. The predicted molar refractivity (Wildman–Crippen MR) is 85.6 cm³/mol. The largest absolute Gasteiger partial charge is 0.478 e. The lowest BCUT2D eigenvalue weighted by molar-refractivity contribution is 0.0691. The highest BCUT2D eigenvalue weighted by molar-refractivity contribution is 5.95. The van der Waals surface area contributed by atoms with E-state index in [9.17, 15) is 27.9 Å². The molecule has 6 nitrogen and oxygen atoms in total. The van der Waals surface area contributed by atoms with Crippen LogP contribution >= 0.6 is 0 Å². The number of benzene rings is 1.